The molecule has 3 atom stereocenters. The molecule has 1 fully saturated rings. The molecular formula is C11H18BrF3. The molecule has 0 aliphatic heterocycles. The second-order valence-electron chi connectivity index (χ2n) is 4.85. The predicted octanol–water partition coefficient (Wildman–Crippen LogP) is 4.77. The van der Waals surface area contributed by atoms with E-state index < -0.39 is 12.1 Å². The Balaban J connectivity index is 2.56. The molecule has 0 radical (unpaired) electrons. The van der Waals surface area contributed by atoms with E-state index in [9.17, 15) is 13.2 Å². The van der Waals surface area contributed by atoms with Crippen molar-refractivity contribution in [1.82, 2.24) is 0 Å². The van der Waals surface area contributed by atoms with Crippen molar-refractivity contribution in [2.24, 2.45) is 17.8 Å². The lowest BCUT2D eigenvalue weighted by Crippen LogP contribution is -2.33. The summed E-state index contributed by atoms with van der Waals surface area (Å²) in [6.07, 6.45) is -1.73. The summed E-state index contributed by atoms with van der Waals surface area (Å²) < 4.78 is 37.7. The van der Waals surface area contributed by atoms with E-state index in [2.05, 4.69) is 29.8 Å². The summed E-state index contributed by atoms with van der Waals surface area (Å²) in [6, 6.07) is 0. The largest absolute Gasteiger partial charge is 0.391 e. The van der Waals surface area contributed by atoms with E-state index in [-0.39, 0.29) is 10.7 Å². The molecule has 0 saturated heterocycles. The Morgan fingerprint density at radius 1 is 1.20 bits per heavy atom. The van der Waals surface area contributed by atoms with E-state index in [1.165, 1.54) is 0 Å². The average Bonchev–Trinajstić information content (AvgIpc) is 2.15. The van der Waals surface area contributed by atoms with Crippen LogP contribution < -0.4 is 0 Å². The second-order valence-corrected chi connectivity index (χ2v) is 5.91. The van der Waals surface area contributed by atoms with Crippen molar-refractivity contribution in [2.75, 3.05) is 0 Å². The molecule has 90 valence electrons. The first-order chi connectivity index (χ1) is 6.82. The van der Waals surface area contributed by atoms with E-state index in [0.29, 0.717) is 25.2 Å². The zero-order valence-corrected chi connectivity index (χ0v) is 10.7. The van der Waals surface area contributed by atoms with Gasteiger partial charge in [0.25, 0.3) is 0 Å². The van der Waals surface area contributed by atoms with Gasteiger partial charge in [-0.2, -0.15) is 13.2 Å². The Morgan fingerprint density at radius 3 is 2.27 bits per heavy atom. The molecule has 0 aromatic heterocycles. The minimum Gasteiger partial charge on any atom is -0.171 e. The summed E-state index contributed by atoms with van der Waals surface area (Å²) >= 11 is 3.53. The molecule has 0 spiro atoms. The van der Waals surface area contributed by atoms with Crippen LogP contribution in [0.5, 0.6) is 0 Å². The monoisotopic (exact) mass is 286 g/mol. The van der Waals surface area contributed by atoms with Crippen LogP contribution in [0.15, 0.2) is 0 Å². The Hall–Kier alpha value is 0.270. The first-order valence-corrected chi connectivity index (χ1v) is 6.44. The Bertz CT molecular complexity index is 200. The predicted molar refractivity (Wildman–Crippen MR) is 59.1 cm³/mol. The van der Waals surface area contributed by atoms with Gasteiger partial charge >= 0.3 is 6.18 Å². The molecule has 1 aliphatic carbocycles. The van der Waals surface area contributed by atoms with E-state index in [4.69, 9.17) is 0 Å². The fourth-order valence-electron chi connectivity index (χ4n) is 2.36. The molecule has 1 aliphatic rings. The maximum absolute atomic E-state index is 12.6. The zero-order chi connectivity index (χ0) is 11.6. The van der Waals surface area contributed by atoms with Gasteiger partial charge < -0.3 is 0 Å². The zero-order valence-electron chi connectivity index (χ0n) is 9.15. The average molecular weight is 287 g/mol. The van der Waals surface area contributed by atoms with Crippen LogP contribution in [0.25, 0.3) is 0 Å². The number of halogens is 4. The number of hydrogen-bond donors (Lipinski definition) is 0. The van der Waals surface area contributed by atoms with Gasteiger partial charge in [-0.3, -0.25) is 0 Å². The van der Waals surface area contributed by atoms with Crippen molar-refractivity contribution in [3.63, 3.8) is 0 Å². The van der Waals surface area contributed by atoms with Crippen molar-refractivity contribution < 1.29 is 13.2 Å². The fraction of sp³-hybridized carbons (Fsp3) is 1.00. The van der Waals surface area contributed by atoms with Crippen LogP contribution in [-0.4, -0.2) is 11.0 Å². The van der Waals surface area contributed by atoms with Gasteiger partial charge in [0.05, 0.1) is 5.92 Å². The van der Waals surface area contributed by atoms with Crippen molar-refractivity contribution >= 4 is 15.9 Å². The molecule has 1 saturated carbocycles. The normalized spacial score (nSPS) is 30.6. The standard InChI is InChI=1S/C11H18BrF3/c1-7(2)10(12)8-4-3-5-9(6-8)11(13,14)15/h7-10H,3-6H2,1-2H3. The third-order valence-corrected chi connectivity index (χ3v) is 5.07. The van der Waals surface area contributed by atoms with Crippen LogP contribution in [0.3, 0.4) is 0 Å². The summed E-state index contributed by atoms with van der Waals surface area (Å²) in [5.74, 6) is -0.484. The minimum atomic E-state index is -4.00. The quantitative estimate of drug-likeness (QED) is 0.641. The van der Waals surface area contributed by atoms with Gasteiger partial charge in [0.1, 0.15) is 0 Å². The van der Waals surface area contributed by atoms with Gasteiger partial charge in [0, 0.05) is 4.83 Å². The maximum Gasteiger partial charge on any atom is 0.391 e. The van der Waals surface area contributed by atoms with Crippen molar-refractivity contribution in [1.29, 1.82) is 0 Å². The Morgan fingerprint density at radius 2 is 1.80 bits per heavy atom. The summed E-state index contributed by atoms with van der Waals surface area (Å²) in [5, 5.41) is 0. The lowest BCUT2D eigenvalue weighted by molar-refractivity contribution is -0.185. The Labute approximate surface area is 97.7 Å². The van der Waals surface area contributed by atoms with Crippen LogP contribution >= 0.6 is 15.9 Å². The van der Waals surface area contributed by atoms with Crippen LogP contribution in [0.2, 0.25) is 0 Å². The second kappa shape index (κ2) is 5.07. The summed E-state index contributed by atoms with van der Waals surface area (Å²) in [5.41, 5.74) is 0. The molecule has 0 aromatic rings. The molecule has 0 aromatic carbocycles. The first kappa shape index (κ1) is 13.3. The number of rotatable bonds is 2. The van der Waals surface area contributed by atoms with Gasteiger partial charge in [-0.1, -0.05) is 36.2 Å². The van der Waals surface area contributed by atoms with Crippen LogP contribution in [0, 0.1) is 17.8 Å². The van der Waals surface area contributed by atoms with Gasteiger partial charge in [0.15, 0.2) is 0 Å². The Kier molecular flexibility index (Phi) is 4.50. The smallest absolute Gasteiger partial charge is 0.171 e. The van der Waals surface area contributed by atoms with Crippen molar-refractivity contribution in [3.8, 4) is 0 Å². The van der Waals surface area contributed by atoms with Crippen LogP contribution in [0.1, 0.15) is 39.5 Å². The maximum atomic E-state index is 12.6. The van der Waals surface area contributed by atoms with Crippen molar-refractivity contribution in [2.45, 2.75) is 50.5 Å². The number of hydrogen-bond acceptors (Lipinski definition) is 0. The van der Waals surface area contributed by atoms with Crippen LogP contribution in [-0.2, 0) is 0 Å². The SMILES string of the molecule is CC(C)C(Br)C1CCCC(C(F)(F)F)C1. The van der Waals surface area contributed by atoms with Gasteiger partial charge in [-0.25, -0.2) is 0 Å². The molecule has 3 unspecified atom stereocenters. The highest BCUT2D eigenvalue weighted by molar-refractivity contribution is 9.09. The third-order valence-electron chi connectivity index (χ3n) is 3.26. The topological polar surface area (TPSA) is 0 Å². The summed E-state index contributed by atoms with van der Waals surface area (Å²) in [4.78, 5) is 0.225. The van der Waals surface area contributed by atoms with E-state index in [1.54, 1.807) is 0 Å². The van der Waals surface area contributed by atoms with Gasteiger partial charge in [-0.05, 0) is 31.1 Å². The minimum absolute atomic E-state index is 0.186. The third kappa shape index (κ3) is 3.65. The van der Waals surface area contributed by atoms with E-state index in [0.717, 1.165) is 6.42 Å². The summed E-state index contributed by atoms with van der Waals surface area (Å²) in [7, 11) is 0. The summed E-state index contributed by atoms with van der Waals surface area (Å²) in [6.45, 7) is 4.10. The lowest BCUT2D eigenvalue weighted by Gasteiger charge is -2.34. The molecule has 4 heteroatoms. The van der Waals surface area contributed by atoms with Gasteiger partial charge in [0.2, 0.25) is 0 Å². The fourth-order valence-corrected chi connectivity index (χ4v) is 2.84. The van der Waals surface area contributed by atoms with E-state index >= 15 is 0 Å². The van der Waals surface area contributed by atoms with E-state index in [1.807, 2.05) is 0 Å². The highest BCUT2D eigenvalue weighted by Gasteiger charge is 2.43. The highest BCUT2D eigenvalue weighted by Crippen LogP contribution is 2.43. The molecule has 0 heterocycles. The number of alkyl halides is 4. The van der Waals surface area contributed by atoms with Gasteiger partial charge in [-0.15, -0.1) is 0 Å². The first-order valence-electron chi connectivity index (χ1n) is 5.53. The molecule has 1 rings (SSSR count). The molecule has 0 bridgehead atoms. The highest BCUT2D eigenvalue weighted by atomic mass is 79.9. The molecule has 0 N–H and O–H groups in total. The molecule has 0 amide bonds. The van der Waals surface area contributed by atoms with Crippen molar-refractivity contribution in [3.05, 3.63) is 0 Å². The van der Waals surface area contributed by atoms with Crippen LogP contribution in [0.4, 0.5) is 13.2 Å². The molecule has 0 nitrogen and oxygen atoms in total. The molecule has 15 heavy (non-hydrogen) atoms. The lowest BCUT2D eigenvalue weighted by atomic mass is 9.77. The molecular weight excluding hydrogens is 269 g/mol.